The second kappa shape index (κ2) is 3.93. The Labute approximate surface area is 107 Å². The van der Waals surface area contributed by atoms with E-state index in [0.717, 1.165) is 4.47 Å². The number of hydrogen-bond acceptors (Lipinski definition) is 2. The van der Waals surface area contributed by atoms with Crippen LogP contribution in [0.3, 0.4) is 0 Å². The van der Waals surface area contributed by atoms with E-state index in [9.17, 15) is 4.79 Å². The van der Waals surface area contributed by atoms with Crippen LogP contribution in [0.15, 0.2) is 16.6 Å². The lowest BCUT2D eigenvalue weighted by atomic mass is 9.94. The first-order valence-corrected chi connectivity index (χ1v) is 6.00. The Hall–Kier alpha value is -0.740. The van der Waals surface area contributed by atoms with Crippen molar-refractivity contribution in [3.63, 3.8) is 0 Å². The normalized spacial score (nSPS) is 18.1. The molecule has 1 N–H and O–H groups in total. The van der Waals surface area contributed by atoms with E-state index >= 15 is 0 Å². The predicted octanol–water partition coefficient (Wildman–Crippen LogP) is 3.46. The van der Waals surface area contributed by atoms with Crippen molar-refractivity contribution < 1.29 is 9.53 Å². The molecule has 0 bridgehead atoms. The summed E-state index contributed by atoms with van der Waals surface area (Å²) in [6.45, 7) is 3.97. The number of fused-ring (bicyclic) bond motifs is 1. The minimum atomic E-state index is -0.561. The molecule has 3 nitrogen and oxygen atoms in total. The first-order valence-electron chi connectivity index (χ1n) is 4.83. The number of benzene rings is 1. The SMILES string of the molecule is CC1(C)COc2c(Cl)cc(Br)cc2NC1=O. The molecule has 1 heterocycles. The molecule has 5 heteroatoms. The maximum Gasteiger partial charge on any atom is 0.233 e. The maximum absolute atomic E-state index is 11.9. The molecule has 0 fully saturated rings. The molecule has 1 amide bonds. The summed E-state index contributed by atoms with van der Waals surface area (Å²) in [6.07, 6.45) is 0. The second-order valence-electron chi connectivity index (χ2n) is 4.39. The highest BCUT2D eigenvalue weighted by Gasteiger charge is 2.33. The highest BCUT2D eigenvalue weighted by molar-refractivity contribution is 9.10. The lowest BCUT2D eigenvalue weighted by molar-refractivity contribution is -0.124. The molecule has 86 valence electrons. The molecular formula is C11H11BrClNO2. The molecule has 16 heavy (non-hydrogen) atoms. The smallest absolute Gasteiger partial charge is 0.233 e. The molecule has 0 spiro atoms. The number of halogens is 2. The summed E-state index contributed by atoms with van der Waals surface area (Å²) in [5, 5.41) is 3.30. The molecule has 1 aromatic rings. The zero-order valence-electron chi connectivity index (χ0n) is 8.93. The lowest BCUT2D eigenvalue weighted by Crippen LogP contribution is -2.33. The fourth-order valence-electron chi connectivity index (χ4n) is 1.41. The van der Waals surface area contributed by atoms with Crippen molar-refractivity contribution in [2.75, 3.05) is 11.9 Å². The van der Waals surface area contributed by atoms with E-state index < -0.39 is 5.41 Å². The van der Waals surface area contributed by atoms with Crippen molar-refractivity contribution >= 4 is 39.1 Å². The third kappa shape index (κ3) is 2.04. The first-order chi connectivity index (χ1) is 7.40. The van der Waals surface area contributed by atoms with Crippen LogP contribution in [-0.2, 0) is 4.79 Å². The van der Waals surface area contributed by atoms with E-state index in [1.165, 1.54) is 0 Å². The Morgan fingerprint density at radius 1 is 1.50 bits per heavy atom. The van der Waals surface area contributed by atoms with Crippen LogP contribution in [0.25, 0.3) is 0 Å². The molecule has 1 aliphatic heterocycles. The van der Waals surface area contributed by atoms with Gasteiger partial charge in [-0.05, 0) is 26.0 Å². The van der Waals surface area contributed by atoms with Crippen molar-refractivity contribution in [3.05, 3.63) is 21.6 Å². The van der Waals surface area contributed by atoms with E-state index in [1.807, 2.05) is 13.8 Å². The van der Waals surface area contributed by atoms with Gasteiger partial charge < -0.3 is 10.1 Å². The molecule has 1 aromatic carbocycles. The number of carbonyl (C=O) groups excluding carboxylic acids is 1. The Morgan fingerprint density at radius 2 is 2.19 bits per heavy atom. The fraction of sp³-hybridized carbons (Fsp3) is 0.364. The highest BCUT2D eigenvalue weighted by atomic mass is 79.9. The van der Waals surface area contributed by atoms with Gasteiger partial charge in [-0.15, -0.1) is 0 Å². The van der Waals surface area contributed by atoms with Gasteiger partial charge in [0.2, 0.25) is 5.91 Å². The van der Waals surface area contributed by atoms with E-state index in [2.05, 4.69) is 21.2 Å². The molecule has 0 aromatic heterocycles. The van der Waals surface area contributed by atoms with Crippen LogP contribution in [0.2, 0.25) is 5.02 Å². The average molecular weight is 305 g/mol. The van der Waals surface area contributed by atoms with Gasteiger partial charge in [-0.25, -0.2) is 0 Å². The number of carbonyl (C=O) groups is 1. The molecule has 0 radical (unpaired) electrons. The van der Waals surface area contributed by atoms with Crippen LogP contribution in [0.5, 0.6) is 5.75 Å². The van der Waals surface area contributed by atoms with Crippen LogP contribution in [0.4, 0.5) is 5.69 Å². The highest BCUT2D eigenvalue weighted by Crippen LogP contribution is 2.39. The van der Waals surface area contributed by atoms with E-state index in [1.54, 1.807) is 12.1 Å². The van der Waals surface area contributed by atoms with Crippen LogP contribution in [0, 0.1) is 5.41 Å². The number of amides is 1. The molecule has 0 saturated heterocycles. The van der Waals surface area contributed by atoms with Crippen LogP contribution >= 0.6 is 27.5 Å². The third-order valence-electron chi connectivity index (χ3n) is 2.45. The first kappa shape index (κ1) is 11.7. The summed E-state index contributed by atoms with van der Waals surface area (Å²) < 4.78 is 6.39. The summed E-state index contributed by atoms with van der Waals surface area (Å²) in [5.74, 6) is 0.462. The lowest BCUT2D eigenvalue weighted by Gasteiger charge is -2.18. The van der Waals surface area contributed by atoms with Gasteiger partial charge in [0.05, 0.1) is 16.1 Å². The van der Waals surface area contributed by atoms with Crippen LogP contribution < -0.4 is 10.1 Å². The predicted molar refractivity (Wildman–Crippen MR) is 67.1 cm³/mol. The van der Waals surface area contributed by atoms with Crippen molar-refractivity contribution in [2.45, 2.75) is 13.8 Å². The third-order valence-corrected chi connectivity index (χ3v) is 3.19. The zero-order chi connectivity index (χ0) is 11.9. The van der Waals surface area contributed by atoms with E-state index in [0.29, 0.717) is 23.1 Å². The maximum atomic E-state index is 11.9. The average Bonchev–Trinajstić information content (AvgIpc) is 2.25. The van der Waals surface area contributed by atoms with Crippen molar-refractivity contribution in [2.24, 2.45) is 5.41 Å². The summed E-state index contributed by atoms with van der Waals surface area (Å²) >= 11 is 9.38. The molecule has 0 unspecified atom stereocenters. The second-order valence-corrected chi connectivity index (χ2v) is 5.71. The van der Waals surface area contributed by atoms with E-state index in [4.69, 9.17) is 16.3 Å². The fourth-order valence-corrected chi connectivity index (χ4v) is 2.27. The zero-order valence-corrected chi connectivity index (χ0v) is 11.3. The molecule has 1 aliphatic rings. The molecule has 2 rings (SSSR count). The monoisotopic (exact) mass is 303 g/mol. The topological polar surface area (TPSA) is 38.3 Å². The Morgan fingerprint density at radius 3 is 2.88 bits per heavy atom. The number of rotatable bonds is 0. The standard InChI is InChI=1S/C11H11BrClNO2/c1-11(2)5-16-9-7(13)3-6(12)4-8(9)14-10(11)15/h3-4H,5H2,1-2H3,(H,14,15). The van der Waals surface area contributed by atoms with Gasteiger partial charge in [0, 0.05) is 4.47 Å². The van der Waals surface area contributed by atoms with Gasteiger partial charge in [-0.2, -0.15) is 0 Å². The number of anilines is 1. The quantitative estimate of drug-likeness (QED) is 0.797. The summed E-state index contributed by atoms with van der Waals surface area (Å²) in [6, 6.07) is 3.52. The van der Waals surface area contributed by atoms with Crippen LogP contribution in [-0.4, -0.2) is 12.5 Å². The molecule has 0 atom stereocenters. The molecule has 0 saturated carbocycles. The Kier molecular flexibility index (Phi) is 2.88. The Balaban J connectivity index is 2.49. The van der Waals surface area contributed by atoms with Crippen LogP contribution in [0.1, 0.15) is 13.8 Å². The van der Waals surface area contributed by atoms with Crippen molar-refractivity contribution in [1.82, 2.24) is 0 Å². The van der Waals surface area contributed by atoms with Crippen molar-refractivity contribution in [1.29, 1.82) is 0 Å². The van der Waals surface area contributed by atoms with Gasteiger partial charge in [-0.3, -0.25) is 4.79 Å². The molecular weight excluding hydrogens is 293 g/mol. The largest absolute Gasteiger partial charge is 0.489 e. The number of nitrogens with one attached hydrogen (secondary N) is 1. The summed E-state index contributed by atoms with van der Waals surface area (Å²) in [5.41, 5.74) is 0.0457. The number of ether oxygens (including phenoxy) is 1. The molecule has 0 aliphatic carbocycles. The van der Waals surface area contributed by atoms with Gasteiger partial charge in [0.1, 0.15) is 6.61 Å². The summed E-state index contributed by atoms with van der Waals surface area (Å²) in [7, 11) is 0. The van der Waals surface area contributed by atoms with Crippen molar-refractivity contribution in [3.8, 4) is 5.75 Å². The minimum Gasteiger partial charge on any atom is -0.489 e. The van der Waals surface area contributed by atoms with Gasteiger partial charge in [0.15, 0.2) is 5.75 Å². The van der Waals surface area contributed by atoms with Gasteiger partial charge in [-0.1, -0.05) is 27.5 Å². The van der Waals surface area contributed by atoms with Gasteiger partial charge in [0.25, 0.3) is 0 Å². The Bertz CT molecular complexity index is 460. The number of hydrogen-bond donors (Lipinski definition) is 1. The van der Waals surface area contributed by atoms with Gasteiger partial charge >= 0.3 is 0 Å². The van der Waals surface area contributed by atoms with E-state index in [-0.39, 0.29) is 5.91 Å². The minimum absolute atomic E-state index is 0.0691. The summed E-state index contributed by atoms with van der Waals surface area (Å²) in [4.78, 5) is 11.9.